The summed E-state index contributed by atoms with van der Waals surface area (Å²) in [4.78, 5) is 18.1. The molecule has 5 heteroatoms. The van der Waals surface area contributed by atoms with E-state index in [1.165, 1.54) is 13.3 Å². The van der Waals surface area contributed by atoms with Gasteiger partial charge in [0.25, 0.3) is 5.56 Å². The first-order chi connectivity index (χ1) is 8.24. The predicted octanol–water partition coefficient (Wildman–Crippen LogP) is 1.91. The van der Waals surface area contributed by atoms with Crippen LogP contribution >= 0.6 is 0 Å². The van der Waals surface area contributed by atoms with Crippen LogP contribution in [0.25, 0.3) is 11.4 Å². The van der Waals surface area contributed by atoms with Crippen LogP contribution in [0, 0.1) is 0 Å². The molecule has 0 bridgehead atoms. The normalized spacial score (nSPS) is 10.2. The molecule has 1 aromatic heterocycles. The lowest BCUT2D eigenvalue weighted by Crippen LogP contribution is -2.11. The van der Waals surface area contributed by atoms with Crippen LogP contribution < -0.4 is 10.3 Å². The van der Waals surface area contributed by atoms with Gasteiger partial charge in [-0.3, -0.25) is 4.79 Å². The molecule has 0 amide bonds. The third-order valence-electron chi connectivity index (χ3n) is 2.37. The minimum atomic E-state index is -0.507. The van der Waals surface area contributed by atoms with Crippen LogP contribution in [-0.4, -0.2) is 17.1 Å². The maximum Gasteiger partial charge on any atom is 0.293 e. The highest BCUT2D eigenvalue weighted by atomic mass is 19.1. The van der Waals surface area contributed by atoms with Crippen molar-refractivity contribution < 1.29 is 9.13 Å². The summed E-state index contributed by atoms with van der Waals surface area (Å²) in [5.74, 6) is 0.593. The summed E-state index contributed by atoms with van der Waals surface area (Å²) in [6.07, 6.45) is 1.36. The van der Waals surface area contributed by atoms with E-state index in [0.29, 0.717) is 11.4 Å². The number of hydrogen-bond donors (Lipinski definition) is 1. The summed E-state index contributed by atoms with van der Waals surface area (Å²) in [6.45, 7) is -0.507. The van der Waals surface area contributed by atoms with Gasteiger partial charge in [-0.2, -0.15) is 0 Å². The van der Waals surface area contributed by atoms with Gasteiger partial charge in [0.1, 0.15) is 12.5 Å². The third-order valence-corrected chi connectivity index (χ3v) is 2.37. The second-order valence-electron chi connectivity index (χ2n) is 3.46. The molecule has 0 unspecified atom stereocenters. The third kappa shape index (κ3) is 2.33. The summed E-state index contributed by atoms with van der Waals surface area (Å²) in [6, 6.07) is 6.72. The van der Waals surface area contributed by atoms with Crippen LogP contribution in [0.3, 0.4) is 0 Å². The number of methoxy groups -OCH3 is 1. The zero-order chi connectivity index (χ0) is 12.3. The number of hydrogen-bond acceptors (Lipinski definition) is 3. The molecule has 0 aliphatic rings. The van der Waals surface area contributed by atoms with Gasteiger partial charge in [-0.25, -0.2) is 9.37 Å². The minimum Gasteiger partial charge on any atom is -0.490 e. The molecule has 0 radical (unpaired) electrons. The van der Waals surface area contributed by atoms with E-state index in [0.717, 1.165) is 5.56 Å². The van der Waals surface area contributed by atoms with Crippen LogP contribution in [0.5, 0.6) is 5.75 Å². The number of aromatic nitrogens is 2. The highest BCUT2D eigenvalue weighted by Gasteiger charge is 2.04. The van der Waals surface area contributed by atoms with E-state index in [1.54, 1.807) is 24.3 Å². The Morgan fingerprint density at radius 2 is 2.06 bits per heavy atom. The molecule has 1 N–H and O–H groups in total. The highest BCUT2D eigenvalue weighted by molar-refractivity contribution is 5.55. The summed E-state index contributed by atoms with van der Waals surface area (Å²) in [5, 5.41) is 0. The molecule has 0 spiro atoms. The molecule has 1 aromatic carbocycles. The molecule has 2 rings (SSSR count). The average Bonchev–Trinajstić information content (AvgIpc) is 2.39. The highest BCUT2D eigenvalue weighted by Crippen LogP contribution is 2.15. The Morgan fingerprint density at radius 1 is 1.35 bits per heavy atom. The topological polar surface area (TPSA) is 55.0 Å². The SMILES string of the molecule is COc1cnc(-c2ccc(CF)cc2)[nH]c1=O. The lowest BCUT2D eigenvalue weighted by molar-refractivity contribution is 0.406. The van der Waals surface area contributed by atoms with Gasteiger partial charge in [0.2, 0.25) is 5.75 Å². The van der Waals surface area contributed by atoms with E-state index >= 15 is 0 Å². The Labute approximate surface area is 97.1 Å². The maximum atomic E-state index is 12.3. The number of halogens is 1. The van der Waals surface area contributed by atoms with Crippen molar-refractivity contribution in [3.05, 3.63) is 46.4 Å². The van der Waals surface area contributed by atoms with Crippen molar-refractivity contribution in [1.82, 2.24) is 9.97 Å². The van der Waals surface area contributed by atoms with Crippen molar-refractivity contribution in [2.75, 3.05) is 7.11 Å². The van der Waals surface area contributed by atoms with Crippen LogP contribution in [-0.2, 0) is 6.67 Å². The first-order valence-electron chi connectivity index (χ1n) is 5.03. The number of nitrogens with zero attached hydrogens (tertiary/aromatic N) is 1. The fourth-order valence-electron chi connectivity index (χ4n) is 1.43. The molecule has 0 saturated carbocycles. The molecule has 0 atom stereocenters. The Morgan fingerprint density at radius 3 is 2.59 bits per heavy atom. The largest absolute Gasteiger partial charge is 0.490 e. The van der Waals surface area contributed by atoms with Crippen molar-refractivity contribution in [2.24, 2.45) is 0 Å². The number of rotatable bonds is 3. The van der Waals surface area contributed by atoms with Crippen LogP contribution in [0.4, 0.5) is 4.39 Å². The standard InChI is InChI=1S/C12H11FN2O2/c1-17-10-7-14-11(15-12(10)16)9-4-2-8(6-13)3-5-9/h2-5,7H,6H2,1H3,(H,14,15,16). The first kappa shape index (κ1) is 11.3. The smallest absolute Gasteiger partial charge is 0.293 e. The van der Waals surface area contributed by atoms with Crippen molar-refractivity contribution in [3.63, 3.8) is 0 Å². The van der Waals surface area contributed by atoms with Gasteiger partial charge >= 0.3 is 0 Å². The zero-order valence-electron chi connectivity index (χ0n) is 9.24. The molecular formula is C12H11FN2O2. The maximum absolute atomic E-state index is 12.3. The van der Waals surface area contributed by atoms with Gasteiger partial charge in [-0.1, -0.05) is 24.3 Å². The molecule has 0 fully saturated rings. The Bertz CT molecular complexity index is 563. The van der Waals surface area contributed by atoms with Gasteiger partial charge < -0.3 is 9.72 Å². The van der Waals surface area contributed by atoms with E-state index in [1.807, 2.05) is 0 Å². The summed E-state index contributed by atoms with van der Waals surface area (Å²) in [7, 11) is 1.40. The minimum absolute atomic E-state index is 0.161. The van der Waals surface area contributed by atoms with Crippen molar-refractivity contribution in [1.29, 1.82) is 0 Å². The van der Waals surface area contributed by atoms with E-state index in [4.69, 9.17) is 4.74 Å². The molecule has 0 saturated heterocycles. The molecule has 2 aromatic rings. The quantitative estimate of drug-likeness (QED) is 0.882. The Balaban J connectivity index is 2.39. The number of ether oxygens (including phenoxy) is 1. The number of alkyl halides is 1. The van der Waals surface area contributed by atoms with Crippen LogP contribution in [0.1, 0.15) is 5.56 Å². The fraction of sp³-hybridized carbons (Fsp3) is 0.167. The summed E-state index contributed by atoms with van der Waals surface area (Å²) in [5.41, 5.74) is 0.971. The zero-order valence-corrected chi connectivity index (χ0v) is 9.24. The Kier molecular flexibility index (Phi) is 3.18. The molecule has 0 aliphatic carbocycles. The van der Waals surface area contributed by atoms with Crippen LogP contribution in [0.15, 0.2) is 35.3 Å². The lowest BCUT2D eigenvalue weighted by atomic mass is 10.1. The predicted molar refractivity (Wildman–Crippen MR) is 61.7 cm³/mol. The van der Waals surface area contributed by atoms with Gasteiger partial charge in [0.15, 0.2) is 0 Å². The van der Waals surface area contributed by atoms with Crippen molar-refractivity contribution in [2.45, 2.75) is 6.67 Å². The number of nitrogens with one attached hydrogen (secondary N) is 1. The molecule has 88 valence electrons. The second-order valence-corrected chi connectivity index (χ2v) is 3.46. The fourth-order valence-corrected chi connectivity index (χ4v) is 1.43. The van der Waals surface area contributed by atoms with E-state index in [-0.39, 0.29) is 11.3 Å². The van der Waals surface area contributed by atoms with E-state index in [9.17, 15) is 9.18 Å². The van der Waals surface area contributed by atoms with Gasteiger partial charge in [0, 0.05) is 5.56 Å². The molecular weight excluding hydrogens is 223 g/mol. The average molecular weight is 234 g/mol. The molecule has 0 aliphatic heterocycles. The van der Waals surface area contributed by atoms with Crippen molar-refractivity contribution >= 4 is 0 Å². The van der Waals surface area contributed by atoms with E-state index < -0.39 is 6.67 Å². The first-order valence-corrected chi connectivity index (χ1v) is 5.03. The summed E-state index contributed by atoms with van der Waals surface area (Å²) < 4.78 is 17.1. The molecule has 4 nitrogen and oxygen atoms in total. The number of aromatic amines is 1. The van der Waals surface area contributed by atoms with Crippen LogP contribution in [0.2, 0.25) is 0 Å². The van der Waals surface area contributed by atoms with Gasteiger partial charge in [-0.15, -0.1) is 0 Å². The Hall–Kier alpha value is -2.17. The number of H-pyrrole nitrogens is 1. The number of benzene rings is 1. The van der Waals surface area contributed by atoms with E-state index in [2.05, 4.69) is 9.97 Å². The second kappa shape index (κ2) is 4.78. The van der Waals surface area contributed by atoms with Gasteiger partial charge in [0.05, 0.1) is 13.3 Å². The molecule has 17 heavy (non-hydrogen) atoms. The van der Waals surface area contributed by atoms with Gasteiger partial charge in [-0.05, 0) is 5.56 Å². The van der Waals surface area contributed by atoms with Crippen molar-refractivity contribution in [3.8, 4) is 17.1 Å². The summed E-state index contributed by atoms with van der Waals surface area (Å²) >= 11 is 0. The lowest BCUT2D eigenvalue weighted by Gasteiger charge is -2.03. The monoisotopic (exact) mass is 234 g/mol. The molecule has 1 heterocycles.